The summed E-state index contributed by atoms with van der Waals surface area (Å²) in [4.78, 5) is 19.0. The van der Waals surface area contributed by atoms with Crippen LogP contribution in [0.1, 0.15) is 0 Å². The smallest absolute Gasteiger partial charge is 0.321 e. The maximum absolute atomic E-state index is 11.6. The molecule has 0 fully saturated rings. The Hall–Kier alpha value is -1.43. The molecule has 1 aromatic heterocycles. The second-order valence-corrected chi connectivity index (χ2v) is 9.16. The maximum atomic E-state index is 11.6. The van der Waals surface area contributed by atoms with Crippen molar-refractivity contribution in [2.75, 3.05) is 0 Å². The molecule has 7 heteroatoms. The SMILES string of the molecule is O=P(O)(O)c1cccc(-n2c3ccc(Br)cc3c3cc(Br)ccc32)c1. The molecule has 2 N–H and O–H groups in total. The van der Waals surface area contributed by atoms with Gasteiger partial charge in [0, 0.05) is 25.4 Å². The predicted octanol–water partition coefficient (Wildman–Crippen LogP) is 5.11. The van der Waals surface area contributed by atoms with Gasteiger partial charge in [0.1, 0.15) is 0 Å². The molecule has 0 aliphatic rings. The van der Waals surface area contributed by atoms with Crippen LogP contribution in [-0.2, 0) is 4.57 Å². The van der Waals surface area contributed by atoms with Crippen LogP contribution in [-0.4, -0.2) is 14.4 Å². The zero-order valence-electron chi connectivity index (χ0n) is 12.7. The van der Waals surface area contributed by atoms with Gasteiger partial charge in [-0.05, 0) is 54.6 Å². The highest BCUT2D eigenvalue weighted by Crippen LogP contribution is 2.37. The molecular weight excluding hydrogens is 469 g/mol. The highest BCUT2D eigenvalue weighted by atomic mass is 79.9. The molecule has 0 aliphatic heterocycles. The van der Waals surface area contributed by atoms with Crippen LogP contribution in [0.15, 0.2) is 69.6 Å². The molecule has 0 amide bonds. The van der Waals surface area contributed by atoms with Crippen molar-refractivity contribution in [2.45, 2.75) is 0 Å². The van der Waals surface area contributed by atoms with Gasteiger partial charge in [0.05, 0.1) is 16.3 Å². The molecule has 4 nitrogen and oxygen atoms in total. The van der Waals surface area contributed by atoms with Gasteiger partial charge in [0.15, 0.2) is 0 Å². The quantitative estimate of drug-likeness (QED) is 0.392. The number of hydrogen-bond donors (Lipinski definition) is 2. The zero-order valence-corrected chi connectivity index (χ0v) is 16.8. The molecule has 4 rings (SSSR count). The summed E-state index contributed by atoms with van der Waals surface area (Å²) in [5.74, 6) is 0. The number of benzene rings is 3. The third-order valence-electron chi connectivity index (χ3n) is 4.11. The summed E-state index contributed by atoms with van der Waals surface area (Å²) in [6, 6.07) is 18.5. The summed E-state index contributed by atoms with van der Waals surface area (Å²) in [6.07, 6.45) is 0. The fourth-order valence-electron chi connectivity index (χ4n) is 3.06. The van der Waals surface area contributed by atoms with E-state index in [0.29, 0.717) is 5.69 Å². The molecule has 0 bridgehead atoms. The minimum Gasteiger partial charge on any atom is -0.321 e. The predicted molar refractivity (Wildman–Crippen MR) is 108 cm³/mol. The van der Waals surface area contributed by atoms with Gasteiger partial charge in [-0.3, -0.25) is 4.57 Å². The van der Waals surface area contributed by atoms with Crippen LogP contribution >= 0.6 is 39.5 Å². The standard InChI is InChI=1S/C18H12Br2NO3P/c19-11-4-6-17-15(8-11)16-9-12(20)5-7-18(16)21(17)13-2-1-3-14(10-13)25(22,23)24/h1-10H,(H2,22,23,24). The highest BCUT2D eigenvalue weighted by molar-refractivity contribution is 9.10. The summed E-state index contributed by atoms with van der Waals surface area (Å²) in [5.41, 5.74) is 2.66. The van der Waals surface area contributed by atoms with Gasteiger partial charge in [-0.25, -0.2) is 0 Å². The van der Waals surface area contributed by atoms with Crippen LogP contribution in [0.2, 0.25) is 0 Å². The minimum absolute atomic E-state index is 0.00854. The fraction of sp³-hybridized carbons (Fsp3) is 0. The van der Waals surface area contributed by atoms with Gasteiger partial charge in [0.2, 0.25) is 0 Å². The van der Waals surface area contributed by atoms with Crippen molar-refractivity contribution in [1.29, 1.82) is 0 Å². The van der Waals surface area contributed by atoms with Crippen LogP contribution in [0.5, 0.6) is 0 Å². The average Bonchev–Trinajstić information content (AvgIpc) is 2.87. The van der Waals surface area contributed by atoms with Crippen molar-refractivity contribution in [3.8, 4) is 5.69 Å². The van der Waals surface area contributed by atoms with Gasteiger partial charge < -0.3 is 14.4 Å². The Labute approximate surface area is 160 Å². The lowest BCUT2D eigenvalue weighted by Crippen LogP contribution is -2.06. The van der Waals surface area contributed by atoms with Crippen molar-refractivity contribution < 1.29 is 14.4 Å². The first kappa shape index (κ1) is 17.0. The summed E-state index contributed by atoms with van der Waals surface area (Å²) in [6.45, 7) is 0. The summed E-state index contributed by atoms with van der Waals surface area (Å²) < 4.78 is 15.6. The highest BCUT2D eigenvalue weighted by Gasteiger charge is 2.19. The molecule has 0 aliphatic carbocycles. The minimum atomic E-state index is -4.31. The van der Waals surface area contributed by atoms with E-state index in [4.69, 9.17) is 0 Å². The number of nitrogens with zero attached hydrogens (tertiary/aromatic N) is 1. The van der Waals surface area contributed by atoms with Gasteiger partial charge in [-0.15, -0.1) is 0 Å². The Bertz CT molecular complexity index is 1120. The Morgan fingerprint density at radius 1 is 0.800 bits per heavy atom. The van der Waals surface area contributed by atoms with Crippen LogP contribution in [0.25, 0.3) is 27.5 Å². The van der Waals surface area contributed by atoms with E-state index in [0.717, 1.165) is 30.8 Å². The van der Waals surface area contributed by atoms with Crippen molar-refractivity contribution in [1.82, 2.24) is 4.57 Å². The fourth-order valence-corrected chi connectivity index (χ4v) is 4.36. The van der Waals surface area contributed by atoms with Crippen LogP contribution in [0, 0.1) is 0 Å². The monoisotopic (exact) mass is 479 g/mol. The second kappa shape index (κ2) is 6.08. The van der Waals surface area contributed by atoms with Crippen LogP contribution in [0.3, 0.4) is 0 Å². The number of aromatic nitrogens is 1. The lowest BCUT2D eigenvalue weighted by molar-refractivity contribution is 0.387. The van der Waals surface area contributed by atoms with E-state index in [1.165, 1.54) is 6.07 Å². The number of fused-ring (bicyclic) bond motifs is 3. The Morgan fingerprint density at radius 2 is 1.36 bits per heavy atom. The molecule has 3 aromatic carbocycles. The van der Waals surface area contributed by atoms with Gasteiger partial charge in [-0.2, -0.15) is 0 Å². The second-order valence-electron chi connectivity index (χ2n) is 5.72. The van der Waals surface area contributed by atoms with Gasteiger partial charge >= 0.3 is 7.60 Å². The van der Waals surface area contributed by atoms with Crippen molar-refractivity contribution >= 4 is 66.6 Å². The third kappa shape index (κ3) is 2.98. The lowest BCUT2D eigenvalue weighted by Gasteiger charge is -2.10. The van der Waals surface area contributed by atoms with E-state index in [2.05, 4.69) is 31.9 Å². The summed E-state index contributed by atoms with van der Waals surface area (Å²) >= 11 is 7.03. The van der Waals surface area contributed by atoms with Crippen molar-refractivity contribution in [3.63, 3.8) is 0 Å². The molecular formula is C18H12Br2NO3P. The normalized spacial score (nSPS) is 12.2. The molecule has 0 saturated carbocycles. The maximum Gasteiger partial charge on any atom is 0.356 e. The average molecular weight is 481 g/mol. The van der Waals surface area contributed by atoms with Gasteiger partial charge in [0.25, 0.3) is 0 Å². The van der Waals surface area contributed by atoms with E-state index in [-0.39, 0.29) is 5.30 Å². The molecule has 0 unspecified atom stereocenters. The molecule has 25 heavy (non-hydrogen) atoms. The number of rotatable bonds is 2. The first-order chi connectivity index (χ1) is 11.8. The Kier molecular flexibility index (Phi) is 4.13. The first-order valence-corrected chi connectivity index (χ1v) is 10.6. The van der Waals surface area contributed by atoms with Crippen molar-refractivity contribution in [3.05, 3.63) is 69.6 Å². The van der Waals surface area contributed by atoms with E-state index in [9.17, 15) is 14.4 Å². The van der Waals surface area contributed by atoms with E-state index < -0.39 is 7.60 Å². The third-order valence-corrected chi connectivity index (χ3v) is 6.05. The summed E-state index contributed by atoms with van der Waals surface area (Å²) in [7, 11) is -4.31. The molecule has 1 heterocycles. The first-order valence-electron chi connectivity index (χ1n) is 7.40. The molecule has 126 valence electrons. The Morgan fingerprint density at radius 3 is 1.88 bits per heavy atom. The number of hydrogen-bond acceptors (Lipinski definition) is 1. The van der Waals surface area contributed by atoms with Crippen LogP contribution in [0.4, 0.5) is 0 Å². The molecule has 4 aromatic rings. The zero-order chi connectivity index (χ0) is 17.8. The summed E-state index contributed by atoms with van der Waals surface area (Å²) in [5, 5.41) is 2.13. The largest absolute Gasteiger partial charge is 0.356 e. The topological polar surface area (TPSA) is 62.5 Å². The van der Waals surface area contributed by atoms with E-state index in [1.807, 2.05) is 47.0 Å². The molecule has 0 saturated heterocycles. The van der Waals surface area contributed by atoms with Gasteiger partial charge in [-0.1, -0.05) is 37.9 Å². The Balaban J connectivity index is 2.12. The molecule has 0 radical (unpaired) electrons. The number of halogens is 2. The lowest BCUT2D eigenvalue weighted by atomic mass is 10.2. The molecule has 0 atom stereocenters. The van der Waals surface area contributed by atoms with E-state index in [1.54, 1.807) is 12.1 Å². The van der Waals surface area contributed by atoms with Crippen LogP contribution < -0.4 is 5.30 Å². The van der Waals surface area contributed by atoms with Crippen molar-refractivity contribution in [2.24, 2.45) is 0 Å². The molecule has 0 spiro atoms. The van der Waals surface area contributed by atoms with E-state index >= 15 is 0 Å².